The molecule has 2 rings (SSSR count). The van der Waals surface area contributed by atoms with Crippen molar-refractivity contribution in [3.8, 4) is 11.1 Å². The van der Waals surface area contributed by atoms with Crippen LogP contribution in [0.4, 0.5) is 0 Å². The molecule has 2 aromatic rings. The molecule has 3 heteroatoms. The maximum atomic E-state index is 4.17. The Kier molecular flexibility index (Phi) is 2.59. The first kappa shape index (κ1) is 9.34. The molecule has 2 nitrogen and oxygen atoms in total. The van der Waals surface area contributed by atoms with E-state index in [1.807, 2.05) is 31.5 Å². The molecule has 2 aromatic heterocycles. The molecule has 0 atom stereocenters. The Morgan fingerprint density at radius 2 is 1.79 bits per heavy atom. The van der Waals surface area contributed by atoms with Gasteiger partial charge in [0.05, 0.1) is 0 Å². The molecule has 0 amide bonds. The number of hydrogen-bond acceptors (Lipinski definition) is 2. The first-order valence-corrected chi connectivity index (χ1v) is 5.09. The fourth-order valence-corrected chi connectivity index (χ4v) is 1.72. The van der Waals surface area contributed by atoms with Crippen LogP contribution in [0.3, 0.4) is 0 Å². The summed E-state index contributed by atoms with van der Waals surface area (Å²) in [4.78, 5) is 8.16. The molecule has 0 aromatic carbocycles. The highest BCUT2D eigenvalue weighted by Crippen LogP contribution is 2.28. The lowest BCUT2D eigenvalue weighted by atomic mass is 10.1. The maximum Gasteiger partial charge on any atom is 0.0357 e. The smallest absolute Gasteiger partial charge is 0.0357 e. The summed E-state index contributed by atoms with van der Waals surface area (Å²) >= 11 is 3.56. The first-order chi connectivity index (χ1) is 6.79. The minimum Gasteiger partial charge on any atom is -0.265 e. The summed E-state index contributed by atoms with van der Waals surface area (Å²) in [5, 5.41) is 0. The minimum absolute atomic E-state index is 1.10. The number of aromatic nitrogens is 2. The molecular weight excluding hydrogens is 240 g/mol. The van der Waals surface area contributed by atoms with Crippen molar-refractivity contribution in [1.29, 1.82) is 0 Å². The summed E-state index contributed by atoms with van der Waals surface area (Å²) in [6.07, 6.45) is 7.26. The van der Waals surface area contributed by atoms with Crippen LogP contribution in [0.15, 0.2) is 41.4 Å². The van der Waals surface area contributed by atoms with Crippen LogP contribution >= 0.6 is 15.9 Å². The van der Waals surface area contributed by atoms with Crippen molar-refractivity contribution in [1.82, 2.24) is 9.97 Å². The normalized spacial score (nSPS) is 10.1. The molecule has 0 aliphatic rings. The molecule has 0 aliphatic carbocycles. The Balaban J connectivity index is 2.58. The number of halogens is 1. The van der Waals surface area contributed by atoms with Gasteiger partial charge in [0.25, 0.3) is 0 Å². The predicted octanol–water partition coefficient (Wildman–Crippen LogP) is 3.21. The van der Waals surface area contributed by atoms with Gasteiger partial charge in [-0.15, -0.1) is 0 Å². The average Bonchev–Trinajstić information content (AvgIpc) is 2.23. The van der Waals surface area contributed by atoms with Gasteiger partial charge in [-0.3, -0.25) is 9.97 Å². The van der Waals surface area contributed by atoms with Gasteiger partial charge in [0.2, 0.25) is 0 Å². The summed E-state index contributed by atoms with van der Waals surface area (Å²) in [7, 11) is 0. The van der Waals surface area contributed by atoms with Crippen molar-refractivity contribution >= 4 is 15.9 Å². The Morgan fingerprint density at radius 3 is 2.50 bits per heavy atom. The Bertz CT molecular complexity index is 440. The van der Waals surface area contributed by atoms with E-state index in [-0.39, 0.29) is 0 Å². The molecule has 0 radical (unpaired) electrons. The van der Waals surface area contributed by atoms with Gasteiger partial charge in [0, 0.05) is 34.8 Å². The summed E-state index contributed by atoms with van der Waals surface area (Å²) in [5.74, 6) is 0. The van der Waals surface area contributed by atoms with Gasteiger partial charge in [-0.05, 0) is 46.1 Å². The van der Waals surface area contributed by atoms with Crippen LogP contribution in [-0.4, -0.2) is 9.97 Å². The molecule has 14 heavy (non-hydrogen) atoms. The highest BCUT2D eigenvalue weighted by molar-refractivity contribution is 9.10. The quantitative estimate of drug-likeness (QED) is 0.775. The third kappa shape index (κ3) is 1.68. The lowest BCUT2D eigenvalue weighted by molar-refractivity contribution is 1.24. The zero-order valence-electron chi connectivity index (χ0n) is 7.74. The Hall–Kier alpha value is -1.22. The molecule has 0 saturated heterocycles. The summed E-state index contributed by atoms with van der Waals surface area (Å²) in [6, 6.07) is 3.95. The zero-order valence-corrected chi connectivity index (χ0v) is 9.32. The van der Waals surface area contributed by atoms with Crippen LogP contribution in [-0.2, 0) is 0 Å². The van der Waals surface area contributed by atoms with E-state index in [1.165, 1.54) is 0 Å². The third-order valence-electron chi connectivity index (χ3n) is 2.05. The zero-order chi connectivity index (χ0) is 9.97. The average molecular weight is 249 g/mol. The molecule has 0 bridgehead atoms. The van der Waals surface area contributed by atoms with E-state index in [1.54, 1.807) is 12.4 Å². The largest absolute Gasteiger partial charge is 0.265 e. The summed E-state index contributed by atoms with van der Waals surface area (Å²) < 4.78 is 1.10. The standard InChI is InChI=1S/C11H9BrN2/c1-8-6-14-7-10(11(8)12)9-2-4-13-5-3-9/h2-7H,1H3. The van der Waals surface area contributed by atoms with Gasteiger partial charge in [-0.2, -0.15) is 0 Å². The van der Waals surface area contributed by atoms with E-state index in [2.05, 4.69) is 25.9 Å². The highest BCUT2D eigenvalue weighted by Gasteiger charge is 2.04. The van der Waals surface area contributed by atoms with E-state index in [0.29, 0.717) is 0 Å². The van der Waals surface area contributed by atoms with Crippen LogP contribution < -0.4 is 0 Å². The monoisotopic (exact) mass is 248 g/mol. The van der Waals surface area contributed by atoms with Crippen LogP contribution in [0.25, 0.3) is 11.1 Å². The van der Waals surface area contributed by atoms with Crippen LogP contribution in [0.2, 0.25) is 0 Å². The lowest BCUT2D eigenvalue weighted by Gasteiger charge is -2.05. The fraction of sp³-hybridized carbons (Fsp3) is 0.0909. The van der Waals surface area contributed by atoms with Gasteiger partial charge >= 0.3 is 0 Å². The Morgan fingerprint density at radius 1 is 1.07 bits per heavy atom. The molecule has 0 fully saturated rings. The minimum atomic E-state index is 1.10. The van der Waals surface area contributed by atoms with Crippen LogP contribution in [0.1, 0.15) is 5.56 Å². The number of rotatable bonds is 1. The fourth-order valence-electron chi connectivity index (χ4n) is 1.28. The van der Waals surface area contributed by atoms with Gasteiger partial charge in [-0.1, -0.05) is 0 Å². The highest BCUT2D eigenvalue weighted by atomic mass is 79.9. The van der Waals surface area contributed by atoms with Gasteiger partial charge in [-0.25, -0.2) is 0 Å². The van der Waals surface area contributed by atoms with E-state index >= 15 is 0 Å². The van der Waals surface area contributed by atoms with Crippen molar-refractivity contribution < 1.29 is 0 Å². The molecule has 0 aliphatic heterocycles. The second-order valence-corrected chi connectivity index (χ2v) is 3.85. The predicted molar refractivity (Wildman–Crippen MR) is 59.9 cm³/mol. The van der Waals surface area contributed by atoms with Crippen LogP contribution in [0.5, 0.6) is 0 Å². The van der Waals surface area contributed by atoms with Crippen LogP contribution in [0, 0.1) is 6.92 Å². The van der Waals surface area contributed by atoms with Crippen molar-refractivity contribution in [2.75, 3.05) is 0 Å². The number of aryl methyl sites for hydroxylation is 1. The second-order valence-electron chi connectivity index (χ2n) is 3.05. The van der Waals surface area contributed by atoms with Crippen molar-refractivity contribution in [2.24, 2.45) is 0 Å². The summed E-state index contributed by atoms with van der Waals surface area (Å²) in [5.41, 5.74) is 3.37. The number of hydrogen-bond donors (Lipinski definition) is 0. The first-order valence-electron chi connectivity index (χ1n) is 4.29. The van der Waals surface area contributed by atoms with E-state index < -0.39 is 0 Å². The molecule has 0 saturated carbocycles. The topological polar surface area (TPSA) is 25.8 Å². The van der Waals surface area contributed by atoms with E-state index in [9.17, 15) is 0 Å². The molecular formula is C11H9BrN2. The van der Waals surface area contributed by atoms with Gasteiger partial charge in [0.1, 0.15) is 0 Å². The Labute approximate surface area is 91.2 Å². The molecule has 0 N–H and O–H groups in total. The third-order valence-corrected chi connectivity index (χ3v) is 3.10. The van der Waals surface area contributed by atoms with Gasteiger partial charge in [0.15, 0.2) is 0 Å². The lowest BCUT2D eigenvalue weighted by Crippen LogP contribution is -1.85. The molecule has 0 unspecified atom stereocenters. The van der Waals surface area contributed by atoms with Crippen molar-refractivity contribution in [3.05, 3.63) is 47.0 Å². The van der Waals surface area contributed by atoms with E-state index in [4.69, 9.17) is 0 Å². The molecule has 0 spiro atoms. The number of pyridine rings is 2. The molecule has 70 valence electrons. The summed E-state index contributed by atoms with van der Waals surface area (Å²) in [6.45, 7) is 2.03. The van der Waals surface area contributed by atoms with Crippen molar-refractivity contribution in [3.63, 3.8) is 0 Å². The SMILES string of the molecule is Cc1cncc(-c2ccncc2)c1Br. The number of nitrogens with zero attached hydrogens (tertiary/aromatic N) is 2. The van der Waals surface area contributed by atoms with Crippen molar-refractivity contribution in [2.45, 2.75) is 6.92 Å². The maximum absolute atomic E-state index is 4.17. The van der Waals surface area contributed by atoms with Gasteiger partial charge < -0.3 is 0 Å². The second kappa shape index (κ2) is 3.88. The molecule has 2 heterocycles. The van der Waals surface area contributed by atoms with E-state index in [0.717, 1.165) is 21.2 Å².